The highest BCUT2D eigenvalue weighted by atomic mass is 16.7. The molecule has 2 unspecified atom stereocenters. The molecule has 9 heteroatoms. The second kappa shape index (κ2) is 6.92. The Morgan fingerprint density at radius 2 is 2.15 bits per heavy atom. The minimum atomic E-state index is -0.517. The first-order valence-corrected chi connectivity index (χ1v) is 8.69. The monoisotopic (exact) mass is 372 g/mol. The van der Waals surface area contributed by atoms with E-state index < -0.39 is 5.97 Å². The van der Waals surface area contributed by atoms with Gasteiger partial charge >= 0.3 is 5.97 Å². The molecule has 9 nitrogen and oxygen atoms in total. The Labute approximate surface area is 155 Å². The van der Waals surface area contributed by atoms with Crippen LogP contribution in [0.2, 0.25) is 0 Å². The van der Waals surface area contributed by atoms with Crippen molar-refractivity contribution in [1.29, 1.82) is 0 Å². The third-order valence-corrected chi connectivity index (χ3v) is 4.43. The van der Waals surface area contributed by atoms with Crippen molar-refractivity contribution in [1.82, 2.24) is 14.5 Å². The molecule has 1 amide bonds. The lowest BCUT2D eigenvalue weighted by molar-refractivity contribution is -0.116. The van der Waals surface area contributed by atoms with E-state index in [9.17, 15) is 9.59 Å². The van der Waals surface area contributed by atoms with Gasteiger partial charge in [-0.05, 0) is 24.6 Å². The summed E-state index contributed by atoms with van der Waals surface area (Å²) in [5, 5.41) is 2.75. The number of esters is 1. The van der Waals surface area contributed by atoms with Crippen LogP contribution in [-0.2, 0) is 23.1 Å². The Morgan fingerprint density at radius 3 is 2.96 bits per heavy atom. The lowest BCUT2D eigenvalue weighted by Crippen LogP contribution is -2.21. The Morgan fingerprint density at radius 1 is 1.33 bits per heavy atom. The molecule has 2 aliphatic rings. The molecule has 2 aromatic rings. The highest BCUT2D eigenvalue weighted by molar-refractivity contribution is 5.96. The van der Waals surface area contributed by atoms with Crippen molar-refractivity contribution >= 4 is 17.7 Å². The zero-order valence-electron chi connectivity index (χ0n) is 15.1. The largest absolute Gasteiger partial charge is 0.460 e. The van der Waals surface area contributed by atoms with Gasteiger partial charge in [-0.1, -0.05) is 6.07 Å². The van der Waals surface area contributed by atoms with Gasteiger partial charge in [0.1, 0.15) is 6.04 Å². The van der Waals surface area contributed by atoms with Crippen molar-refractivity contribution in [3.05, 3.63) is 35.8 Å². The number of aromatic nitrogens is 2. The van der Waals surface area contributed by atoms with Crippen LogP contribution in [0.5, 0.6) is 11.5 Å². The number of nitrogens with zero attached hydrogens (tertiary/aromatic N) is 3. The lowest BCUT2D eigenvalue weighted by atomic mass is 10.2. The van der Waals surface area contributed by atoms with Crippen LogP contribution in [0, 0.1) is 0 Å². The summed E-state index contributed by atoms with van der Waals surface area (Å²) in [7, 11) is 1.68. The van der Waals surface area contributed by atoms with Crippen molar-refractivity contribution in [2.75, 3.05) is 25.3 Å². The van der Waals surface area contributed by atoms with Gasteiger partial charge in [0, 0.05) is 26.3 Å². The van der Waals surface area contributed by atoms with Crippen molar-refractivity contribution in [2.24, 2.45) is 7.05 Å². The molecule has 2 aliphatic heterocycles. The summed E-state index contributed by atoms with van der Waals surface area (Å²) in [5.41, 5.74) is 1.05. The fraction of sp³-hybridized carbons (Fsp3) is 0.389. The molecule has 2 atom stereocenters. The van der Waals surface area contributed by atoms with E-state index in [2.05, 4.69) is 10.3 Å². The van der Waals surface area contributed by atoms with Gasteiger partial charge in [-0.3, -0.25) is 9.69 Å². The summed E-state index contributed by atoms with van der Waals surface area (Å²) >= 11 is 0. The number of anilines is 1. The summed E-state index contributed by atoms with van der Waals surface area (Å²) in [6.45, 7) is 3.55. The Bertz CT molecular complexity index is 894. The van der Waals surface area contributed by atoms with Crippen LogP contribution in [0.4, 0.5) is 5.82 Å². The fourth-order valence-corrected chi connectivity index (χ4v) is 2.99. The van der Waals surface area contributed by atoms with E-state index in [1.807, 2.05) is 23.1 Å². The molecular formula is C18H20N4O5. The van der Waals surface area contributed by atoms with Gasteiger partial charge in [0.15, 0.2) is 17.3 Å². The van der Waals surface area contributed by atoms with E-state index in [4.69, 9.17) is 14.2 Å². The first-order valence-electron chi connectivity index (χ1n) is 8.69. The molecule has 142 valence electrons. The smallest absolute Gasteiger partial charge is 0.374 e. The van der Waals surface area contributed by atoms with Crippen LogP contribution in [0.1, 0.15) is 23.1 Å². The van der Waals surface area contributed by atoms with Crippen molar-refractivity contribution in [3.63, 3.8) is 0 Å². The molecule has 0 spiro atoms. The number of fused-ring (bicyclic) bond motifs is 1. The van der Waals surface area contributed by atoms with Gasteiger partial charge in [-0.15, -0.1) is 0 Å². The zero-order chi connectivity index (χ0) is 19.0. The van der Waals surface area contributed by atoms with Gasteiger partial charge in [0.05, 0.1) is 6.61 Å². The number of hydrogen-bond acceptors (Lipinski definition) is 7. The van der Waals surface area contributed by atoms with Crippen LogP contribution in [0.25, 0.3) is 0 Å². The minimum Gasteiger partial charge on any atom is -0.460 e. The van der Waals surface area contributed by atoms with Crippen LogP contribution in [0.15, 0.2) is 24.4 Å². The van der Waals surface area contributed by atoms with Gasteiger partial charge in [-0.2, -0.15) is 0 Å². The summed E-state index contributed by atoms with van der Waals surface area (Å²) < 4.78 is 17.2. The van der Waals surface area contributed by atoms with E-state index in [0.717, 1.165) is 17.1 Å². The van der Waals surface area contributed by atoms with E-state index in [1.54, 1.807) is 20.2 Å². The quantitative estimate of drug-likeness (QED) is 0.600. The standard InChI is InChI=1S/C18H20N4O5/c1-3-25-18(24)16-19-15(9-21(16)2)20-17(23)12-8-22(12)7-11-4-5-13-14(6-11)27-10-26-13/h4-6,9,12H,3,7-8,10H2,1-2H3,(H,20,23). The Kier molecular flexibility index (Phi) is 4.44. The first-order chi connectivity index (χ1) is 13.0. The predicted molar refractivity (Wildman–Crippen MR) is 94.6 cm³/mol. The molecule has 1 aromatic carbocycles. The second-order valence-corrected chi connectivity index (χ2v) is 6.40. The third kappa shape index (κ3) is 3.59. The molecule has 1 N–H and O–H groups in total. The van der Waals surface area contributed by atoms with E-state index >= 15 is 0 Å². The van der Waals surface area contributed by atoms with Crippen LogP contribution >= 0.6 is 0 Å². The number of ether oxygens (including phenoxy) is 3. The summed E-state index contributed by atoms with van der Waals surface area (Å²) in [6.07, 6.45) is 1.59. The number of benzene rings is 1. The number of carbonyl (C=O) groups excluding carboxylic acids is 2. The van der Waals surface area contributed by atoms with Crippen molar-refractivity contribution in [3.8, 4) is 11.5 Å². The van der Waals surface area contributed by atoms with Gasteiger partial charge in [-0.25, -0.2) is 9.78 Å². The van der Waals surface area contributed by atoms with Crippen LogP contribution < -0.4 is 14.8 Å². The van der Waals surface area contributed by atoms with E-state index in [-0.39, 0.29) is 31.2 Å². The fourth-order valence-electron chi connectivity index (χ4n) is 2.99. The second-order valence-electron chi connectivity index (χ2n) is 6.40. The maximum absolute atomic E-state index is 12.4. The van der Waals surface area contributed by atoms with Crippen molar-refractivity contribution in [2.45, 2.75) is 19.5 Å². The molecule has 0 aliphatic carbocycles. The molecule has 1 fully saturated rings. The van der Waals surface area contributed by atoms with Gasteiger partial charge in [0.2, 0.25) is 18.5 Å². The van der Waals surface area contributed by atoms with Gasteiger partial charge < -0.3 is 24.1 Å². The van der Waals surface area contributed by atoms with Gasteiger partial charge in [0.25, 0.3) is 0 Å². The number of amides is 1. The molecule has 4 rings (SSSR count). The molecule has 27 heavy (non-hydrogen) atoms. The zero-order valence-corrected chi connectivity index (χ0v) is 15.1. The molecular weight excluding hydrogens is 352 g/mol. The maximum Gasteiger partial charge on any atom is 0.374 e. The number of rotatable bonds is 6. The summed E-state index contributed by atoms with van der Waals surface area (Å²) in [5.74, 6) is 1.29. The molecule has 1 saturated heterocycles. The molecule has 1 aromatic heterocycles. The third-order valence-electron chi connectivity index (χ3n) is 4.43. The topological polar surface area (TPSA) is 94.7 Å². The summed E-state index contributed by atoms with van der Waals surface area (Å²) in [6, 6.07) is 5.55. The van der Waals surface area contributed by atoms with Crippen LogP contribution in [-0.4, -0.2) is 52.3 Å². The molecule has 3 heterocycles. The highest BCUT2D eigenvalue weighted by Gasteiger charge is 2.40. The highest BCUT2D eigenvalue weighted by Crippen LogP contribution is 2.34. The number of nitrogens with one attached hydrogen (secondary N) is 1. The lowest BCUT2D eigenvalue weighted by Gasteiger charge is -2.05. The number of hydrogen-bond donors (Lipinski definition) is 1. The normalized spacial score (nSPS) is 19.6. The van der Waals surface area contributed by atoms with Crippen molar-refractivity contribution < 1.29 is 23.8 Å². The van der Waals surface area contributed by atoms with E-state index in [1.165, 1.54) is 4.57 Å². The summed E-state index contributed by atoms with van der Waals surface area (Å²) in [4.78, 5) is 30.4. The SMILES string of the molecule is CCOC(=O)c1nc(NC(=O)C2CN2Cc2ccc3c(c2)OCO3)cn1C. The number of carbonyl (C=O) groups is 2. The first kappa shape index (κ1) is 17.3. The molecule has 0 bridgehead atoms. The van der Waals surface area contributed by atoms with E-state index in [0.29, 0.717) is 18.9 Å². The predicted octanol–water partition coefficient (Wildman–Crippen LogP) is 1.15. The molecule has 0 saturated carbocycles. The maximum atomic E-state index is 12.4. The average Bonchev–Trinajstić information content (AvgIpc) is 3.07. The molecule has 0 radical (unpaired) electrons. The Balaban J connectivity index is 1.34. The Hall–Kier alpha value is -3.07. The number of aryl methyl sites for hydroxylation is 1. The van der Waals surface area contributed by atoms with Crippen LogP contribution in [0.3, 0.4) is 0 Å². The average molecular weight is 372 g/mol. The minimum absolute atomic E-state index is 0.149. The number of imidazole rings is 1.